The van der Waals surface area contributed by atoms with Crippen molar-refractivity contribution in [3.8, 4) is 0 Å². The number of hydrogen-bond donors (Lipinski definition) is 5. The summed E-state index contributed by atoms with van der Waals surface area (Å²) >= 11 is 4.48. The van der Waals surface area contributed by atoms with Crippen LogP contribution in [-0.2, 0) is 9.59 Å². The van der Waals surface area contributed by atoms with E-state index in [9.17, 15) is 18.8 Å². The lowest BCUT2D eigenvalue weighted by atomic mass is 10.1. The number of nitrogens with two attached hydrogens (primary N) is 1. The van der Waals surface area contributed by atoms with Crippen LogP contribution in [0.1, 0.15) is 10.4 Å². The summed E-state index contributed by atoms with van der Waals surface area (Å²) in [6.45, 7) is 0. The van der Waals surface area contributed by atoms with E-state index < -0.39 is 35.3 Å². The van der Waals surface area contributed by atoms with Crippen molar-refractivity contribution in [2.24, 2.45) is 5.73 Å². The molecule has 6 N–H and O–H groups in total. The van der Waals surface area contributed by atoms with Gasteiger partial charge in [0.2, 0.25) is 11.8 Å². The fraction of sp³-hybridized carbons (Fsp3) is 0.211. The third-order valence-electron chi connectivity index (χ3n) is 4.16. The maximum absolute atomic E-state index is 13.0. The monoisotopic (exact) mass is 495 g/mol. The highest BCUT2D eigenvalue weighted by Gasteiger charge is 2.35. The summed E-state index contributed by atoms with van der Waals surface area (Å²) in [7, 11) is 0. The average Bonchev–Trinajstić information content (AvgIpc) is 2.71. The fourth-order valence-corrected chi connectivity index (χ4v) is 3.76. The van der Waals surface area contributed by atoms with Gasteiger partial charge >= 0.3 is 0 Å². The number of thioether (sulfide) groups is 1. The second-order valence-electron chi connectivity index (χ2n) is 6.41. The molecule has 8 nitrogen and oxygen atoms in total. The third kappa shape index (κ3) is 6.02. The van der Waals surface area contributed by atoms with Gasteiger partial charge in [0.05, 0.1) is 11.9 Å². The maximum atomic E-state index is 13.0. The molecule has 0 bridgehead atoms. The number of anilines is 1. The van der Waals surface area contributed by atoms with Crippen molar-refractivity contribution < 1.29 is 18.8 Å². The molecular weight excluding hydrogens is 477 g/mol. The highest BCUT2D eigenvalue weighted by molar-refractivity contribution is 9.10. The molecule has 3 amide bonds. The molecule has 158 valence electrons. The Morgan fingerprint density at radius 2 is 1.80 bits per heavy atom. The van der Waals surface area contributed by atoms with Crippen LogP contribution >= 0.6 is 27.7 Å². The van der Waals surface area contributed by atoms with E-state index in [0.717, 1.165) is 28.4 Å². The molecule has 30 heavy (non-hydrogen) atoms. The first-order valence-corrected chi connectivity index (χ1v) is 10.7. The molecule has 3 atom stereocenters. The van der Waals surface area contributed by atoms with Crippen LogP contribution in [0.3, 0.4) is 0 Å². The van der Waals surface area contributed by atoms with Crippen LogP contribution in [-0.4, -0.2) is 41.2 Å². The highest BCUT2D eigenvalue weighted by Crippen LogP contribution is 2.16. The Hall–Kier alpha value is -2.47. The number of carbonyl (C=O) groups excluding carboxylic acids is 3. The van der Waals surface area contributed by atoms with E-state index in [0.29, 0.717) is 5.69 Å². The molecule has 11 heteroatoms. The third-order valence-corrected chi connectivity index (χ3v) is 5.71. The molecule has 0 spiro atoms. The highest BCUT2D eigenvalue weighted by atomic mass is 79.9. The van der Waals surface area contributed by atoms with Crippen LogP contribution in [0.4, 0.5) is 10.1 Å². The molecular formula is C19H19BrFN5O3S. The number of amides is 3. The van der Waals surface area contributed by atoms with Crippen molar-refractivity contribution in [2.45, 2.75) is 17.7 Å². The number of halogens is 2. The SMILES string of the molecule is NC1NC(SCC(=O)Nc2ccc(Br)cc2)NC(=O)C1NC(=O)c1ccc(F)cc1. The molecule has 1 fully saturated rings. The summed E-state index contributed by atoms with van der Waals surface area (Å²) in [5.41, 5.74) is 6.26. The van der Waals surface area contributed by atoms with Crippen LogP contribution in [0.25, 0.3) is 0 Å². The number of nitrogens with one attached hydrogen (secondary N) is 4. The molecule has 0 saturated carbocycles. The van der Waals surface area contributed by atoms with Gasteiger partial charge in [0, 0.05) is 15.7 Å². The van der Waals surface area contributed by atoms with Gasteiger partial charge in [-0.15, -0.1) is 11.8 Å². The summed E-state index contributed by atoms with van der Waals surface area (Å²) in [5, 5.41) is 10.9. The van der Waals surface area contributed by atoms with Crippen molar-refractivity contribution >= 4 is 51.1 Å². The summed E-state index contributed by atoms with van der Waals surface area (Å²) in [5.74, 6) is -1.66. The van der Waals surface area contributed by atoms with Crippen molar-refractivity contribution in [1.82, 2.24) is 16.0 Å². The fourth-order valence-electron chi connectivity index (χ4n) is 2.66. The molecule has 3 unspecified atom stereocenters. The van der Waals surface area contributed by atoms with Gasteiger partial charge in [0.15, 0.2) is 0 Å². The molecule has 0 aliphatic carbocycles. The van der Waals surface area contributed by atoms with Gasteiger partial charge in [-0.1, -0.05) is 15.9 Å². The standard InChI is InChI=1S/C19H19BrFN5O3S/c20-11-3-7-13(8-4-11)23-14(27)9-30-19-25-16(22)15(18(29)26-19)24-17(28)10-1-5-12(21)6-2-10/h1-8,15-16,19,25H,9,22H2,(H,23,27)(H,24,28)(H,26,29). The molecule has 0 aromatic heterocycles. The van der Waals surface area contributed by atoms with Crippen molar-refractivity contribution in [1.29, 1.82) is 0 Å². The van der Waals surface area contributed by atoms with Gasteiger partial charge in [-0.05, 0) is 48.5 Å². The normalized spacial score (nSPS) is 20.9. The number of hydrogen-bond acceptors (Lipinski definition) is 6. The Bertz CT molecular complexity index is 929. The van der Waals surface area contributed by atoms with Gasteiger partial charge in [-0.2, -0.15) is 0 Å². The van der Waals surface area contributed by atoms with Gasteiger partial charge in [0.25, 0.3) is 5.91 Å². The molecule has 3 rings (SSSR count). The topological polar surface area (TPSA) is 125 Å². The second kappa shape index (κ2) is 10.0. The van der Waals surface area contributed by atoms with Crippen LogP contribution < -0.4 is 27.0 Å². The maximum Gasteiger partial charge on any atom is 0.252 e. The molecule has 1 aliphatic rings. The first-order chi connectivity index (χ1) is 14.3. The van der Waals surface area contributed by atoms with Gasteiger partial charge in [0.1, 0.15) is 17.4 Å². The van der Waals surface area contributed by atoms with Crippen LogP contribution in [0, 0.1) is 5.82 Å². The van der Waals surface area contributed by atoms with Crippen LogP contribution in [0.15, 0.2) is 53.0 Å². The van der Waals surface area contributed by atoms with Crippen molar-refractivity contribution in [3.05, 3.63) is 64.4 Å². The van der Waals surface area contributed by atoms with E-state index in [4.69, 9.17) is 5.73 Å². The van der Waals surface area contributed by atoms with E-state index in [2.05, 4.69) is 37.2 Å². The van der Waals surface area contributed by atoms with Crippen LogP contribution in [0.2, 0.25) is 0 Å². The Kier molecular flexibility index (Phi) is 7.43. The number of rotatable bonds is 6. The smallest absolute Gasteiger partial charge is 0.252 e. The summed E-state index contributed by atoms with van der Waals surface area (Å²) in [4.78, 5) is 36.7. The van der Waals surface area contributed by atoms with E-state index in [-0.39, 0.29) is 17.2 Å². The van der Waals surface area contributed by atoms with E-state index in [1.807, 2.05) is 12.1 Å². The molecule has 1 saturated heterocycles. The van der Waals surface area contributed by atoms with E-state index in [1.165, 1.54) is 12.1 Å². The summed E-state index contributed by atoms with van der Waals surface area (Å²) in [6, 6.07) is 11.1. The lowest BCUT2D eigenvalue weighted by Crippen LogP contribution is -2.70. The lowest BCUT2D eigenvalue weighted by Gasteiger charge is -2.35. The van der Waals surface area contributed by atoms with Gasteiger partial charge < -0.3 is 21.7 Å². The Labute approximate surface area is 184 Å². The lowest BCUT2D eigenvalue weighted by molar-refractivity contribution is -0.125. The van der Waals surface area contributed by atoms with Crippen molar-refractivity contribution in [2.75, 3.05) is 11.1 Å². The minimum absolute atomic E-state index is 0.0767. The van der Waals surface area contributed by atoms with Gasteiger partial charge in [-0.3, -0.25) is 19.7 Å². The van der Waals surface area contributed by atoms with E-state index >= 15 is 0 Å². The minimum atomic E-state index is -1.02. The predicted octanol–water partition coefficient (Wildman–Crippen LogP) is 1.35. The number of benzene rings is 2. The quantitative estimate of drug-likeness (QED) is 0.411. The minimum Gasteiger partial charge on any atom is -0.338 e. The zero-order valence-electron chi connectivity index (χ0n) is 15.5. The Balaban J connectivity index is 1.48. The largest absolute Gasteiger partial charge is 0.338 e. The second-order valence-corrected chi connectivity index (χ2v) is 8.41. The molecule has 1 heterocycles. The molecule has 0 radical (unpaired) electrons. The van der Waals surface area contributed by atoms with Crippen molar-refractivity contribution in [3.63, 3.8) is 0 Å². The molecule has 2 aromatic rings. The number of carbonyl (C=O) groups is 3. The molecule has 1 aliphatic heterocycles. The first-order valence-electron chi connectivity index (χ1n) is 8.87. The predicted molar refractivity (Wildman–Crippen MR) is 116 cm³/mol. The van der Waals surface area contributed by atoms with E-state index in [1.54, 1.807) is 12.1 Å². The average molecular weight is 496 g/mol. The Morgan fingerprint density at radius 3 is 2.43 bits per heavy atom. The zero-order valence-corrected chi connectivity index (χ0v) is 17.9. The van der Waals surface area contributed by atoms with Gasteiger partial charge in [-0.25, -0.2) is 4.39 Å². The summed E-state index contributed by atoms with van der Waals surface area (Å²) in [6.07, 6.45) is -0.866. The zero-order chi connectivity index (χ0) is 21.7. The first kappa shape index (κ1) is 22.2. The summed E-state index contributed by atoms with van der Waals surface area (Å²) < 4.78 is 13.9. The Morgan fingerprint density at radius 1 is 1.13 bits per heavy atom. The van der Waals surface area contributed by atoms with Crippen LogP contribution in [0.5, 0.6) is 0 Å². The molecule has 2 aromatic carbocycles.